The minimum Gasteiger partial charge on any atom is -0.496 e. The molecule has 0 fully saturated rings. The lowest BCUT2D eigenvalue weighted by molar-refractivity contribution is 0.319. The SMILES string of the molecule is COc1ccc(Br)cc1CS(=O)(=O)CCO. The Bertz CT molecular complexity index is 456. The van der Waals surface area contributed by atoms with Crippen molar-refractivity contribution >= 4 is 25.8 Å². The van der Waals surface area contributed by atoms with Gasteiger partial charge in [0.05, 0.1) is 25.2 Å². The monoisotopic (exact) mass is 308 g/mol. The summed E-state index contributed by atoms with van der Waals surface area (Å²) in [4.78, 5) is 0. The number of benzene rings is 1. The highest BCUT2D eigenvalue weighted by Gasteiger charge is 2.14. The highest BCUT2D eigenvalue weighted by molar-refractivity contribution is 9.10. The maximum Gasteiger partial charge on any atom is 0.156 e. The van der Waals surface area contributed by atoms with E-state index in [4.69, 9.17) is 9.84 Å². The second-order valence-corrected chi connectivity index (χ2v) is 6.37. The van der Waals surface area contributed by atoms with Crippen LogP contribution in [0.3, 0.4) is 0 Å². The van der Waals surface area contributed by atoms with E-state index < -0.39 is 9.84 Å². The fraction of sp³-hybridized carbons (Fsp3) is 0.400. The first-order valence-electron chi connectivity index (χ1n) is 4.62. The van der Waals surface area contributed by atoms with Crippen LogP contribution in [-0.2, 0) is 15.6 Å². The average Bonchev–Trinajstić information content (AvgIpc) is 2.17. The molecule has 0 atom stereocenters. The molecule has 0 bridgehead atoms. The zero-order valence-corrected chi connectivity index (χ0v) is 11.2. The molecule has 6 heteroatoms. The van der Waals surface area contributed by atoms with Crippen molar-refractivity contribution < 1.29 is 18.3 Å². The van der Waals surface area contributed by atoms with Gasteiger partial charge in [0.25, 0.3) is 0 Å². The van der Waals surface area contributed by atoms with Gasteiger partial charge >= 0.3 is 0 Å². The van der Waals surface area contributed by atoms with Crippen molar-refractivity contribution in [3.05, 3.63) is 28.2 Å². The molecule has 0 unspecified atom stereocenters. The molecule has 0 aliphatic heterocycles. The topological polar surface area (TPSA) is 63.6 Å². The number of hydrogen-bond donors (Lipinski definition) is 1. The number of ether oxygens (including phenoxy) is 1. The van der Waals surface area contributed by atoms with Gasteiger partial charge in [-0.05, 0) is 18.2 Å². The van der Waals surface area contributed by atoms with Crippen molar-refractivity contribution in [2.75, 3.05) is 19.5 Å². The predicted molar refractivity (Wildman–Crippen MR) is 65.3 cm³/mol. The Hall–Kier alpha value is -0.590. The number of methoxy groups -OCH3 is 1. The molecule has 0 spiro atoms. The summed E-state index contributed by atoms with van der Waals surface area (Å²) in [6, 6.07) is 5.18. The largest absolute Gasteiger partial charge is 0.496 e. The first-order chi connectivity index (χ1) is 7.48. The van der Waals surface area contributed by atoms with Crippen LogP contribution in [0.2, 0.25) is 0 Å². The van der Waals surface area contributed by atoms with Crippen LogP contribution in [0.4, 0.5) is 0 Å². The minimum absolute atomic E-state index is 0.129. The highest BCUT2D eigenvalue weighted by Crippen LogP contribution is 2.24. The second kappa shape index (κ2) is 5.65. The van der Waals surface area contributed by atoms with Gasteiger partial charge in [0.2, 0.25) is 0 Å². The number of rotatable bonds is 5. The summed E-state index contributed by atoms with van der Waals surface area (Å²) in [6.07, 6.45) is 0. The fourth-order valence-electron chi connectivity index (χ4n) is 1.31. The Morgan fingerprint density at radius 2 is 2.12 bits per heavy atom. The summed E-state index contributed by atoms with van der Waals surface area (Å²) >= 11 is 3.27. The van der Waals surface area contributed by atoms with Crippen molar-refractivity contribution in [1.82, 2.24) is 0 Å². The zero-order chi connectivity index (χ0) is 12.2. The Labute approximate surface area is 103 Å². The van der Waals surface area contributed by atoms with E-state index in [9.17, 15) is 8.42 Å². The van der Waals surface area contributed by atoms with E-state index in [-0.39, 0.29) is 18.1 Å². The molecule has 1 aromatic rings. The third kappa shape index (κ3) is 3.77. The van der Waals surface area contributed by atoms with Gasteiger partial charge in [0.1, 0.15) is 5.75 Å². The first-order valence-corrected chi connectivity index (χ1v) is 7.23. The molecule has 0 amide bonds. The van der Waals surface area contributed by atoms with Crippen LogP contribution in [0.25, 0.3) is 0 Å². The molecule has 1 rings (SSSR count). The molecule has 0 radical (unpaired) electrons. The number of sulfone groups is 1. The van der Waals surface area contributed by atoms with Gasteiger partial charge in [-0.3, -0.25) is 0 Å². The van der Waals surface area contributed by atoms with E-state index in [1.807, 2.05) is 0 Å². The summed E-state index contributed by atoms with van der Waals surface area (Å²) in [7, 11) is -1.79. The molecular formula is C10H13BrO4S. The van der Waals surface area contributed by atoms with Crippen LogP contribution in [0.5, 0.6) is 5.75 Å². The lowest BCUT2D eigenvalue weighted by Gasteiger charge is -2.09. The van der Waals surface area contributed by atoms with Gasteiger partial charge < -0.3 is 9.84 Å². The quantitative estimate of drug-likeness (QED) is 0.892. The Balaban J connectivity index is 3.00. The molecule has 1 aromatic carbocycles. The maximum absolute atomic E-state index is 11.5. The van der Waals surface area contributed by atoms with Crippen LogP contribution < -0.4 is 4.74 Å². The van der Waals surface area contributed by atoms with E-state index in [0.717, 1.165) is 4.47 Å². The van der Waals surface area contributed by atoms with Crippen LogP contribution in [0, 0.1) is 0 Å². The third-order valence-corrected chi connectivity index (χ3v) is 4.07. The van der Waals surface area contributed by atoms with Gasteiger partial charge in [-0.15, -0.1) is 0 Å². The van der Waals surface area contributed by atoms with Crippen LogP contribution in [0.1, 0.15) is 5.56 Å². The third-order valence-electron chi connectivity index (χ3n) is 2.02. The molecule has 16 heavy (non-hydrogen) atoms. The fourth-order valence-corrected chi connectivity index (χ4v) is 2.84. The zero-order valence-electron chi connectivity index (χ0n) is 8.81. The Morgan fingerprint density at radius 3 is 2.69 bits per heavy atom. The molecular weight excluding hydrogens is 296 g/mol. The average molecular weight is 309 g/mol. The van der Waals surface area contributed by atoms with Gasteiger partial charge in [0.15, 0.2) is 9.84 Å². The summed E-state index contributed by atoms with van der Waals surface area (Å²) < 4.78 is 29.0. The van der Waals surface area contributed by atoms with Crippen LogP contribution in [0.15, 0.2) is 22.7 Å². The van der Waals surface area contributed by atoms with Gasteiger partial charge in [-0.1, -0.05) is 15.9 Å². The van der Waals surface area contributed by atoms with E-state index in [2.05, 4.69) is 15.9 Å². The molecule has 0 heterocycles. The number of halogens is 1. The van der Waals surface area contributed by atoms with E-state index >= 15 is 0 Å². The number of aliphatic hydroxyl groups excluding tert-OH is 1. The standard InChI is InChI=1S/C10H13BrO4S/c1-15-10-3-2-9(11)6-8(10)7-16(13,14)5-4-12/h2-3,6,12H,4-5,7H2,1H3. The summed E-state index contributed by atoms with van der Waals surface area (Å²) in [6.45, 7) is -0.362. The molecule has 0 aliphatic rings. The molecule has 0 saturated heterocycles. The van der Waals surface area contributed by atoms with Crippen molar-refractivity contribution in [2.45, 2.75) is 5.75 Å². The summed E-state index contributed by atoms with van der Waals surface area (Å²) in [5, 5.41) is 8.64. The van der Waals surface area contributed by atoms with Crippen molar-refractivity contribution in [3.8, 4) is 5.75 Å². The predicted octanol–water partition coefficient (Wildman–Crippen LogP) is 1.36. The van der Waals surface area contributed by atoms with Crippen molar-refractivity contribution in [2.24, 2.45) is 0 Å². The maximum atomic E-state index is 11.5. The van der Waals surface area contributed by atoms with E-state index in [1.54, 1.807) is 18.2 Å². The molecule has 4 nitrogen and oxygen atoms in total. The first kappa shape index (κ1) is 13.5. The van der Waals surface area contributed by atoms with E-state index in [0.29, 0.717) is 11.3 Å². The van der Waals surface area contributed by atoms with Gasteiger partial charge in [-0.2, -0.15) is 0 Å². The summed E-state index contributed by atoms with van der Waals surface area (Å²) in [5.41, 5.74) is 0.588. The molecule has 0 saturated carbocycles. The Morgan fingerprint density at radius 1 is 1.44 bits per heavy atom. The highest BCUT2D eigenvalue weighted by atomic mass is 79.9. The molecule has 0 aromatic heterocycles. The van der Waals surface area contributed by atoms with Gasteiger partial charge in [-0.25, -0.2) is 8.42 Å². The minimum atomic E-state index is -3.28. The summed E-state index contributed by atoms with van der Waals surface area (Å²) in [5.74, 6) is 0.170. The normalized spacial score (nSPS) is 11.4. The number of aliphatic hydroxyl groups is 1. The van der Waals surface area contributed by atoms with Gasteiger partial charge in [0, 0.05) is 10.0 Å². The lowest BCUT2D eigenvalue weighted by atomic mass is 10.2. The van der Waals surface area contributed by atoms with E-state index in [1.165, 1.54) is 7.11 Å². The van der Waals surface area contributed by atoms with Crippen molar-refractivity contribution in [1.29, 1.82) is 0 Å². The molecule has 90 valence electrons. The second-order valence-electron chi connectivity index (χ2n) is 3.27. The smallest absolute Gasteiger partial charge is 0.156 e. The van der Waals surface area contributed by atoms with Crippen molar-refractivity contribution in [3.63, 3.8) is 0 Å². The lowest BCUT2D eigenvalue weighted by Crippen LogP contribution is -2.12. The molecule has 1 N–H and O–H groups in total. The van der Waals surface area contributed by atoms with Crippen LogP contribution in [-0.4, -0.2) is 33.0 Å². The number of hydrogen-bond acceptors (Lipinski definition) is 4. The Kier molecular flexibility index (Phi) is 4.76. The molecule has 0 aliphatic carbocycles. The van der Waals surface area contributed by atoms with Crippen LogP contribution >= 0.6 is 15.9 Å².